The molecule has 1 fully saturated rings. The van der Waals surface area contributed by atoms with Crippen LogP contribution < -0.4 is 5.73 Å². The van der Waals surface area contributed by atoms with E-state index in [1.54, 1.807) is 12.1 Å². The van der Waals surface area contributed by atoms with Crippen LogP contribution in [-0.4, -0.2) is 28.5 Å². The van der Waals surface area contributed by atoms with Crippen molar-refractivity contribution in [2.24, 2.45) is 5.73 Å². The molecule has 19 heavy (non-hydrogen) atoms. The maximum Gasteiger partial charge on any atom is 0.231 e. The Hall–Kier alpha value is -1.26. The van der Waals surface area contributed by atoms with Crippen LogP contribution in [0.15, 0.2) is 18.2 Å². The summed E-state index contributed by atoms with van der Waals surface area (Å²) in [4.78, 5) is 13.3. The van der Waals surface area contributed by atoms with Crippen molar-refractivity contribution in [2.75, 3.05) is 6.54 Å². The summed E-state index contributed by atoms with van der Waals surface area (Å²) in [7, 11) is 0. The van der Waals surface area contributed by atoms with Crippen LogP contribution in [0.25, 0.3) is 0 Å². The van der Waals surface area contributed by atoms with Gasteiger partial charge in [0.15, 0.2) is 0 Å². The van der Waals surface area contributed by atoms with Gasteiger partial charge in [-0.25, -0.2) is 0 Å². The third-order valence-electron chi connectivity index (χ3n) is 3.60. The van der Waals surface area contributed by atoms with Gasteiger partial charge in [-0.05, 0) is 30.5 Å². The Balaban J connectivity index is 2.09. The van der Waals surface area contributed by atoms with E-state index in [4.69, 9.17) is 17.3 Å². The van der Waals surface area contributed by atoms with Crippen molar-refractivity contribution in [3.05, 3.63) is 28.8 Å². The molecule has 104 valence electrons. The van der Waals surface area contributed by atoms with Crippen molar-refractivity contribution >= 4 is 17.5 Å². The lowest BCUT2D eigenvalue weighted by Gasteiger charge is -2.27. The van der Waals surface area contributed by atoms with Crippen molar-refractivity contribution in [3.63, 3.8) is 0 Å². The van der Waals surface area contributed by atoms with Gasteiger partial charge in [-0.2, -0.15) is 0 Å². The first-order valence-electron chi connectivity index (χ1n) is 6.56. The standard InChI is InChI=1S/C14H19ClN2O2/c15-12-7-10(5-6-13(12)18)8-17(9-14(16)19)11-3-1-2-4-11/h5-7,11,18H,1-4,8-9H2,(H2,16,19). The van der Waals surface area contributed by atoms with E-state index in [9.17, 15) is 9.90 Å². The SMILES string of the molecule is NC(=O)CN(Cc1ccc(O)c(Cl)c1)C1CCCC1. The number of halogens is 1. The number of nitrogens with two attached hydrogens (primary N) is 1. The van der Waals surface area contributed by atoms with E-state index < -0.39 is 0 Å². The Bertz CT molecular complexity index is 459. The molecule has 1 aromatic carbocycles. The van der Waals surface area contributed by atoms with Gasteiger partial charge in [0, 0.05) is 12.6 Å². The monoisotopic (exact) mass is 282 g/mol. The fourth-order valence-electron chi connectivity index (χ4n) is 2.67. The second kappa shape index (κ2) is 6.26. The number of nitrogens with zero attached hydrogens (tertiary/aromatic N) is 1. The van der Waals surface area contributed by atoms with Crippen LogP contribution in [0.4, 0.5) is 0 Å². The zero-order valence-electron chi connectivity index (χ0n) is 10.8. The number of benzene rings is 1. The molecule has 5 heteroatoms. The minimum absolute atomic E-state index is 0.0766. The van der Waals surface area contributed by atoms with Crippen LogP contribution in [0.5, 0.6) is 5.75 Å². The predicted molar refractivity (Wildman–Crippen MR) is 75.0 cm³/mol. The second-order valence-corrected chi connectivity index (χ2v) is 5.50. The number of hydrogen-bond acceptors (Lipinski definition) is 3. The molecule has 1 aliphatic rings. The average molecular weight is 283 g/mol. The Morgan fingerprint density at radius 3 is 2.68 bits per heavy atom. The molecule has 0 aliphatic heterocycles. The fourth-order valence-corrected chi connectivity index (χ4v) is 2.87. The molecule has 4 nitrogen and oxygen atoms in total. The fraction of sp³-hybridized carbons (Fsp3) is 0.500. The van der Waals surface area contributed by atoms with Crippen LogP contribution in [0.2, 0.25) is 5.02 Å². The van der Waals surface area contributed by atoms with Crippen molar-refractivity contribution in [1.82, 2.24) is 4.90 Å². The van der Waals surface area contributed by atoms with Gasteiger partial charge < -0.3 is 10.8 Å². The molecule has 2 rings (SSSR count). The van der Waals surface area contributed by atoms with Crippen molar-refractivity contribution in [3.8, 4) is 5.75 Å². The lowest BCUT2D eigenvalue weighted by atomic mass is 10.1. The Kier molecular flexibility index (Phi) is 4.66. The number of amides is 1. The number of aromatic hydroxyl groups is 1. The van der Waals surface area contributed by atoms with E-state index in [0.29, 0.717) is 17.6 Å². The zero-order chi connectivity index (χ0) is 13.8. The average Bonchev–Trinajstić information content (AvgIpc) is 2.86. The minimum atomic E-state index is -0.309. The molecule has 0 saturated heterocycles. The molecule has 0 bridgehead atoms. The highest BCUT2D eigenvalue weighted by molar-refractivity contribution is 6.32. The van der Waals surface area contributed by atoms with Gasteiger partial charge in [0.2, 0.25) is 5.91 Å². The number of phenols is 1. The normalized spacial score (nSPS) is 16.1. The van der Waals surface area contributed by atoms with Crippen molar-refractivity contribution < 1.29 is 9.90 Å². The number of rotatable bonds is 5. The summed E-state index contributed by atoms with van der Waals surface area (Å²) < 4.78 is 0. The van der Waals surface area contributed by atoms with Crippen LogP contribution >= 0.6 is 11.6 Å². The molecule has 0 radical (unpaired) electrons. The lowest BCUT2D eigenvalue weighted by Crippen LogP contribution is -2.39. The van der Waals surface area contributed by atoms with Gasteiger partial charge in [0.1, 0.15) is 5.75 Å². The lowest BCUT2D eigenvalue weighted by molar-refractivity contribution is -0.119. The Morgan fingerprint density at radius 2 is 2.11 bits per heavy atom. The molecular formula is C14H19ClN2O2. The minimum Gasteiger partial charge on any atom is -0.506 e. The number of primary amides is 1. The summed E-state index contributed by atoms with van der Waals surface area (Å²) in [6, 6.07) is 5.55. The van der Waals surface area contributed by atoms with Crippen LogP contribution in [-0.2, 0) is 11.3 Å². The first kappa shape index (κ1) is 14.2. The third-order valence-corrected chi connectivity index (χ3v) is 3.90. The Morgan fingerprint density at radius 1 is 1.42 bits per heavy atom. The zero-order valence-corrected chi connectivity index (χ0v) is 11.6. The van der Waals surface area contributed by atoms with Gasteiger partial charge in [-0.1, -0.05) is 30.5 Å². The van der Waals surface area contributed by atoms with Gasteiger partial charge in [-0.15, -0.1) is 0 Å². The maximum absolute atomic E-state index is 11.2. The van der Waals surface area contributed by atoms with Crippen LogP contribution in [0.3, 0.4) is 0 Å². The molecule has 3 N–H and O–H groups in total. The molecular weight excluding hydrogens is 264 g/mol. The van der Waals surface area contributed by atoms with Crippen molar-refractivity contribution in [2.45, 2.75) is 38.3 Å². The molecule has 1 amide bonds. The van der Waals surface area contributed by atoms with Gasteiger partial charge in [-0.3, -0.25) is 9.69 Å². The smallest absolute Gasteiger partial charge is 0.231 e. The largest absolute Gasteiger partial charge is 0.506 e. The molecule has 1 saturated carbocycles. The van der Waals surface area contributed by atoms with E-state index >= 15 is 0 Å². The summed E-state index contributed by atoms with van der Waals surface area (Å²) in [5.41, 5.74) is 6.30. The van der Waals surface area contributed by atoms with E-state index in [1.807, 2.05) is 6.07 Å². The van der Waals surface area contributed by atoms with E-state index in [2.05, 4.69) is 4.90 Å². The second-order valence-electron chi connectivity index (χ2n) is 5.10. The molecule has 0 spiro atoms. The maximum atomic E-state index is 11.2. The van der Waals surface area contributed by atoms with Crippen LogP contribution in [0, 0.1) is 0 Å². The molecule has 1 aliphatic carbocycles. The summed E-state index contributed by atoms with van der Waals surface area (Å²) in [6.07, 6.45) is 4.63. The molecule has 0 aromatic heterocycles. The summed E-state index contributed by atoms with van der Waals surface area (Å²) in [6.45, 7) is 0.900. The number of carbonyl (C=O) groups excluding carboxylic acids is 1. The summed E-state index contributed by atoms with van der Waals surface area (Å²) in [5.74, 6) is -0.232. The quantitative estimate of drug-likeness (QED) is 0.871. The number of hydrogen-bond donors (Lipinski definition) is 2. The van der Waals surface area contributed by atoms with Gasteiger partial charge in [0.05, 0.1) is 11.6 Å². The first-order valence-corrected chi connectivity index (χ1v) is 6.94. The van der Waals surface area contributed by atoms with Crippen LogP contribution in [0.1, 0.15) is 31.2 Å². The van der Waals surface area contributed by atoms with Gasteiger partial charge in [0.25, 0.3) is 0 Å². The van der Waals surface area contributed by atoms with E-state index in [-0.39, 0.29) is 18.2 Å². The van der Waals surface area contributed by atoms with Crippen molar-refractivity contribution in [1.29, 1.82) is 0 Å². The molecule has 1 aromatic rings. The number of phenolic OH excluding ortho intramolecular Hbond substituents is 1. The molecule has 0 unspecified atom stereocenters. The third kappa shape index (κ3) is 3.85. The highest BCUT2D eigenvalue weighted by atomic mass is 35.5. The first-order chi connectivity index (χ1) is 9.06. The predicted octanol–water partition coefficient (Wildman–Crippen LogP) is 2.28. The summed E-state index contributed by atoms with van der Waals surface area (Å²) in [5, 5.41) is 9.75. The molecule has 0 atom stereocenters. The topological polar surface area (TPSA) is 66.6 Å². The molecule has 0 heterocycles. The Labute approximate surface area is 118 Å². The highest BCUT2D eigenvalue weighted by Gasteiger charge is 2.23. The van der Waals surface area contributed by atoms with Gasteiger partial charge >= 0.3 is 0 Å². The number of carbonyl (C=O) groups is 1. The highest BCUT2D eigenvalue weighted by Crippen LogP contribution is 2.27. The van der Waals surface area contributed by atoms with E-state index in [1.165, 1.54) is 12.8 Å². The van der Waals surface area contributed by atoms with E-state index in [0.717, 1.165) is 18.4 Å². The summed E-state index contributed by atoms with van der Waals surface area (Å²) >= 11 is 5.90.